The molecule has 0 aromatic carbocycles. The minimum Gasteiger partial charge on any atom is -0.323 e. The second-order valence-electron chi connectivity index (χ2n) is 3.60. The van der Waals surface area contributed by atoms with Gasteiger partial charge in [-0.1, -0.05) is 11.6 Å². The Morgan fingerprint density at radius 2 is 1.62 bits per heavy atom. The lowest BCUT2D eigenvalue weighted by atomic mass is 9.86. The van der Waals surface area contributed by atoms with Gasteiger partial charge in [-0.05, 0) is 13.0 Å². The molecule has 0 amide bonds. The molecule has 2 atom stereocenters. The van der Waals surface area contributed by atoms with E-state index in [0.29, 0.717) is 6.08 Å². The van der Waals surface area contributed by atoms with E-state index in [0.717, 1.165) is 6.92 Å². The minimum absolute atomic E-state index is 0.128. The smallest absolute Gasteiger partial charge is 0.323 e. The van der Waals surface area contributed by atoms with Crippen LogP contribution >= 0.6 is 0 Å². The third kappa shape index (κ3) is 2.58. The summed E-state index contributed by atoms with van der Waals surface area (Å²) in [4.78, 5) is 0. The van der Waals surface area contributed by atoms with Crippen molar-refractivity contribution in [3.8, 4) is 0 Å². The van der Waals surface area contributed by atoms with Gasteiger partial charge in [0.1, 0.15) is 0 Å². The number of allylic oxidation sites excluding steroid dienone is 2. The van der Waals surface area contributed by atoms with Crippen LogP contribution in [0.15, 0.2) is 23.3 Å². The number of nitrogens with two attached hydrogens (primary N) is 1. The number of hydrogen-bond donors (Lipinski definition) is 1. The van der Waals surface area contributed by atoms with Crippen molar-refractivity contribution in [2.75, 3.05) is 0 Å². The van der Waals surface area contributed by atoms with E-state index in [2.05, 4.69) is 0 Å². The van der Waals surface area contributed by atoms with Crippen LogP contribution in [0.1, 0.15) is 6.92 Å². The lowest BCUT2D eigenvalue weighted by molar-refractivity contribution is -0.165. The average molecular weight is 245 g/mol. The summed E-state index contributed by atoms with van der Waals surface area (Å²) in [6, 6.07) is -1.45. The summed E-state index contributed by atoms with van der Waals surface area (Å²) >= 11 is 0. The molecule has 2 unspecified atom stereocenters. The Balaban J connectivity index is 3.15. The Kier molecular flexibility index (Phi) is 3.11. The fourth-order valence-corrected chi connectivity index (χ4v) is 1.44. The molecule has 92 valence electrons. The van der Waals surface area contributed by atoms with E-state index in [1.165, 1.54) is 0 Å². The molecule has 0 radical (unpaired) electrons. The summed E-state index contributed by atoms with van der Waals surface area (Å²) in [6.07, 6.45) is -8.78. The SMILES string of the molecule is CC1=CC(C(F)(F)F)=CC(C(F)(F)F)C1N. The molecule has 1 nitrogen and oxygen atoms in total. The second kappa shape index (κ2) is 3.80. The van der Waals surface area contributed by atoms with E-state index >= 15 is 0 Å². The van der Waals surface area contributed by atoms with Gasteiger partial charge in [-0.2, -0.15) is 26.3 Å². The van der Waals surface area contributed by atoms with Gasteiger partial charge in [-0.3, -0.25) is 0 Å². The van der Waals surface area contributed by atoms with Gasteiger partial charge in [0, 0.05) is 6.04 Å². The second-order valence-corrected chi connectivity index (χ2v) is 3.60. The largest absolute Gasteiger partial charge is 0.416 e. The Hall–Kier alpha value is -0.980. The third-order valence-electron chi connectivity index (χ3n) is 2.36. The van der Waals surface area contributed by atoms with Crippen LogP contribution < -0.4 is 5.73 Å². The van der Waals surface area contributed by atoms with Crippen LogP contribution in [0.3, 0.4) is 0 Å². The van der Waals surface area contributed by atoms with Gasteiger partial charge in [0.25, 0.3) is 0 Å². The monoisotopic (exact) mass is 245 g/mol. The van der Waals surface area contributed by atoms with Crippen molar-refractivity contribution < 1.29 is 26.3 Å². The molecule has 0 aliphatic heterocycles. The standard InChI is InChI=1S/C9H9F6N/c1-4-2-5(8(10,11)12)3-6(7(4)16)9(13,14)15/h2-3,6-7H,16H2,1H3. The van der Waals surface area contributed by atoms with Crippen LogP contribution in [0.5, 0.6) is 0 Å². The van der Waals surface area contributed by atoms with Gasteiger partial charge in [0.05, 0.1) is 11.5 Å². The van der Waals surface area contributed by atoms with E-state index in [1.807, 2.05) is 0 Å². The normalized spacial score (nSPS) is 27.5. The van der Waals surface area contributed by atoms with Gasteiger partial charge in [-0.25, -0.2) is 0 Å². The molecule has 0 fully saturated rings. The summed E-state index contributed by atoms with van der Waals surface area (Å²) in [6.45, 7) is 1.15. The minimum atomic E-state index is -4.79. The van der Waals surface area contributed by atoms with E-state index in [9.17, 15) is 26.3 Å². The molecular weight excluding hydrogens is 236 g/mol. The lowest BCUT2D eigenvalue weighted by Crippen LogP contribution is -2.42. The van der Waals surface area contributed by atoms with Crippen LogP contribution in [-0.4, -0.2) is 18.4 Å². The first kappa shape index (κ1) is 13.1. The molecule has 1 rings (SSSR count). The molecule has 2 N–H and O–H groups in total. The first-order chi connectivity index (χ1) is 7.03. The molecule has 0 saturated carbocycles. The molecule has 0 spiro atoms. The maximum Gasteiger partial charge on any atom is 0.416 e. The summed E-state index contributed by atoms with van der Waals surface area (Å²) in [5, 5.41) is 0. The number of halogens is 6. The zero-order chi connectivity index (χ0) is 12.7. The zero-order valence-corrected chi connectivity index (χ0v) is 8.15. The van der Waals surface area contributed by atoms with E-state index in [1.54, 1.807) is 0 Å². The Morgan fingerprint density at radius 1 is 1.12 bits per heavy atom. The predicted molar refractivity (Wildman–Crippen MR) is 45.4 cm³/mol. The van der Waals surface area contributed by atoms with Crippen molar-refractivity contribution in [3.63, 3.8) is 0 Å². The Labute approximate surface area is 87.6 Å². The molecule has 0 aromatic heterocycles. The van der Waals surface area contributed by atoms with E-state index in [4.69, 9.17) is 5.73 Å². The highest BCUT2D eigenvalue weighted by Crippen LogP contribution is 2.39. The van der Waals surface area contributed by atoms with Gasteiger partial charge < -0.3 is 5.73 Å². The van der Waals surface area contributed by atoms with Crippen molar-refractivity contribution in [2.45, 2.75) is 25.3 Å². The highest BCUT2D eigenvalue weighted by atomic mass is 19.4. The third-order valence-corrected chi connectivity index (χ3v) is 2.36. The van der Waals surface area contributed by atoms with Crippen molar-refractivity contribution in [1.82, 2.24) is 0 Å². The summed E-state index contributed by atoms with van der Waals surface area (Å²) in [5.74, 6) is -2.28. The fraction of sp³-hybridized carbons (Fsp3) is 0.556. The predicted octanol–water partition coefficient (Wildman–Crippen LogP) is 2.94. The Morgan fingerprint density at radius 3 is 2.00 bits per heavy atom. The van der Waals surface area contributed by atoms with E-state index < -0.39 is 29.9 Å². The maximum absolute atomic E-state index is 12.4. The van der Waals surface area contributed by atoms with Crippen molar-refractivity contribution >= 4 is 0 Å². The van der Waals surface area contributed by atoms with Gasteiger partial charge in [0.2, 0.25) is 0 Å². The van der Waals surface area contributed by atoms with Crippen LogP contribution in [0, 0.1) is 5.92 Å². The van der Waals surface area contributed by atoms with Gasteiger partial charge in [0.15, 0.2) is 0 Å². The topological polar surface area (TPSA) is 26.0 Å². The van der Waals surface area contributed by atoms with Crippen molar-refractivity contribution in [2.24, 2.45) is 11.7 Å². The maximum atomic E-state index is 12.4. The van der Waals surface area contributed by atoms with E-state index in [-0.39, 0.29) is 11.6 Å². The number of alkyl halides is 6. The zero-order valence-electron chi connectivity index (χ0n) is 8.15. The molecule has 16 heavy (non-hydrogen) atoms. The molecule has 0 heterocycles. The number of hydrogen-bond acceptors (Lipinski definition) is 1. The van der Waals surface area contributed by atoms with Crippen LogP contribution in [-0.2, 0) is 0 Å². The molecule has 0 aromatic rings. The summed E-state index contributed by atoms with van der Waals surface area (Å²) in [7, 11) is 0. The summed E-state index contributed by atoms with van der Waals surface area (Å²) in [5.41, 5.74) is 3.79. The molecule has 0 bridgehead atoms. The number of rotatable bonds is 0. The molecule has 7 heteroatoms. The fourth-order valence-electron chi connectivity index (χ4n) is 1.44. The van der Waals surface area contributed by atoms with Crippen molar-refractivity contribution in [1.29, 1.82) is 0 Å². The van der Waals surface area contributed by atoms with Crippen LogP contribution in [0.2, 0.25) is 0 Å². The molecule has 1 aliphatic rings. The first-order valence-electron chi connectivity index (χ1n) is 4.33. The Bertz CT molecular complexity index is 335. The first-order valence-corrected chi connectivity index (χ1v) is 4.33. The van der Waals surface area contributed by atoms with Gasteiger partial charge >= 0.3 is 12.4 Å². The highest BCUT2D eigenvalue weighted by molar-refractivity contribution is 5.36. The molecular formula is C9H9F6N. The van der Waals surface area contributed by atoms with Crippen molar-refractivity contribution in [3.05, 3.63) is 23.3 Å². The van der Waals surface area contributed by atoms with Gasteiger partial charge in [-0.15, -0.1) is 0 Å². The lowest BCUT2D eigenvalue weighted by Gasteiger charge is -2.29. The molecule has 1 aliphatic carbocycles. The highest BCUT2D eigenvalue weighted by Gasteiger charge is 2.47. The molecule has 0 saturated heterocycles. The van der Waals surface area contributed by atoms with Crippen LogP contribution in [0.25, 0.3) is 0 Å². The quantitative estimate of drug-likeness (QED) is 0.652. The summed E-state index contributed by atoms with van der Waals surface area (Å²) < 4.78 is 74.1. The van der Waals surface area contributed by atoms with Crippen LogP contribution in [0.4, 0.5) is 26.3 Å². The average Bonchev–Trinajstić information content (AvgIpc) is 2.05.